The number of aliphatic hydroxyl groups excluding tert-OH is 2. The van der Waals surface area contributed by atoms with Gasteiger partial charge in [-0.15, -0.1) is 0 Å². The van der Waals surface area contributed by atoms with Gasteiger partial charge in [0.15, 0.2) is 10.9 Å². The molecule has 18 heteroatoms. The predicted octanol–water partition coefficient (Wildman–Crippen LogP) is 6.91. The number of hydrogen-bond acceptors (Lipinski definition) is 14. The lowest BCUT2D eigenvalue weighted by molar-refractivity contribution is 0.0629. The van der Waals surface area contributed by atoms with Crippen LogP contribution in [0.2, 0.25) is 10.0 Å². The zero-order valence-electron chi connectivity index (χ0n) is 35.5. The number of fused-ring (bicyclic) bond motifs is 2. The van der Waals surface area contributed by atoms with Gasteiger partial charge in [-0.05, 0) is 70.7 Å². The molecule has 16 nitrogen and oxygen atoms in total. The van der Waals surface area contributed by atoms with Gasteiger partial charge >= 0.3 is 12.2 Å². The van der Waals surface area contributed by atoms with Crippen LogP contribution in [0.1, 0.15) is 48.3 Å². The van der Waals surface area contributed by atoms with E-state index in [1.165, 1.54) is 12.1 Å². The van der Waals surface area contributed by atoms with Crippen LogP contribution in [-0.4, -0.2) is 101 Å². The number of phenolic OH excluding ortho intramolecular Hbond substituents is 2. The number of carbonyl (C=O) groups excluding carboxylic acids is 2. The summed E-state index contributed by atoms with van der Waals surface area (Å²) in [6, 6.07) is 16.3. The number of phenols is 2. The lowest BCUT2D eigenvalue weighted by atomic mass is 9.85. The highest BCUT2D eigenvalue weighted by molar-refractivity contribution is 6.34. The fourth-order valence-corrected chi connectivity index (χ4v) is 9.28. The van der Waals surface area contributed by atoms with Crippen molar-refractivity contribution in [2.45, 2.75) is 50.4 Å². The number of ether oxygens (including phenoxy) is 2. The molecule has 6 aromatic rings. The van der Waals surface area contributed by atoms with Crippen LogP contribution in [0, 0.1) is 0 Å². The molecule has 4 aromatic carbocycles. The van der Waals surface area contributed by atoms with Crippen molar-refractivity contribution in [1.82, 2.24) is 20.4 Å². The molecule has 0 saturated carbocycles. The molecule has 4 atom stereocenters. The van der Waals surface area contributed by atoms with Gasteiger partial charge in [-0.3, -0.25) is 9.59 Å². The third kappa shape index (κ3) is 9.10. The first-order valence-corrected chi connectivity index (χ1v) is 21.7. The van der Waals surface area contributed by atoms with E-state index in [-0.39, 0.29) is 92.9 Å². The number of benzene rings is 4. The highest BCUT2D eigenvalue weighted by Gasteiger charge is 2.36. The Morgan fingerprint density at radius 3 is 1.72 bits per heavy atom. The van der Waals surface area contributed by atoms with Gasteiger partial charge in [0.1, 0.15) is 56.5 Å². The number of aromatic hydroxyl groups is 2. The quantitative estimate of drug-likeness (QED) is 0.0868. The van der Waals surface area contributed by atoms with E-state index in [0.717, 1.165) is 12.1 Å². The molecule has 0 radical (unpaired) electrons. The standard InChI is InChI=1S/C47H46Cl2N4O12/c1-4-50-46(60)64-37-18-31(56)42-30(55)17-36(63-45(42)39(37)25-12-14-52(2)21-33(25)58)27-10-7-8-23(43(27)49)20-51-47(61)65-38-19-32(57)41-29(54)16-35(24-9-5-6-11-28(24)48)62-44(41)40(38)26-13-15-53(3)22-34(26)59/h5-11,16-19,25-26,33-34,56-59H,4,12-15,20-22H2,1-3H3,(H,50,60)(H,51,61)/t25-,26-,33+,34+/m0/s1. The number of nitrogens with one attached hydrogen (secondary N) is 2. The van der Waals surface area contributed by atoms with Gasteiger partial charge in [0.25, 0.3) is 0 Å². The molecule has 8 rings (SSSR count). The minimum Gasteiger partial charge on any atom is -0.507 e. The number of carbonyl (C=O) groups is 2. The van der Waals surface area contributed by atoms with E-state index in [1.54, 1.807) is 49.4 Å². The molecule has 2 aliphatic rings. The molecule has 2 aromatic heterocycles. The van der Waals surface area contributed by atoms with Crippen molar-refractivity contribution in [3.05, 3.63) is 114 Å². The number of piperidine rings is 2. The van der Waals surface area contributed by atoms with Crippen LogP contribution >= 0.6 is 23.2 Å². The van der Waals surface area contributed by atoms with E-state index in [4.69, 9.17) is 41.5 Å². The highest BCUT2D eigenvalue weighted by Crippen LogP contribution is 2.46. The maximum absolute atomic E-state index is 13.8. The zero-order valence-corrected chi connectivity index (χ0v) is 37.0. The molecule has 4 heterocycles. The first-order chi connectivity index (χ1) is 31.1. The van der Waals surface area contributed by atoms with Gasteiger partial charge in [0.05, 0.1) is 22.3 Å². The summed E-state index contributed by atoms with van der Waals surface area (Å²) < 4.78 is 24.2. The fraction of sp³-hybridized carbons (Fsp3) is 0.319. The van der Waals surface area contributed by atoms with Gasteiger partial charge < -0.3 is 59.2 Å². The molecular formula is C47H46Cl2N4O12. The summed E-state index contributed by atoms with van der Waals surface area (Å²) in [6.45, 7) is 3.44. The number of amides is 2. The lowest BCUT2D eigenvalue weighted by Crippen LogP contribution is -2.40. The van der Waals surface area contributed by atoms with Crippen LogP contribution in [0.15, 0.2) is 85.2 Å². The fourth-order valence-electron chi connectivity index (χ4n) is 8.76. The lowest BCUT2D eigenvalue weighted by Gasteiger charge is -2.34. The minimum atomic E-state index is -0.979. The second-order valence-corrected chi connectivity index (χ2v) is 17.1. The third-order valence-electron chi connectivity index (χ3n) is 11.9. The second-order valence-electron chi connectivity index (χ2n) is 16.3. The Hall–Kier alpha value is -6.14. The van der Waals surface area contributed by atoms with E-state index < -0.39 is 58.6 Å². The molecule has 0 bridgehead atoms. The second kappa shape index (κ2) is 18.8. The zero-order chi connectivity index (χ0) is 46.3. The summed E-state index contributed by atoms with van der Waals surface area (Å²) in [5, 5.41) is 50.2. The van der Waals surface area contributed by atoms with Crippen LogP contribution in [-0.2, 0) is 6.54 Å². The molecular weight excluding hydrogens is 883 g/mol. The molecule has 2 fully saturated rings. The van der Waals surface area contributed by atoms with Crippen molar-refractivity contribution in [2.75, 3.05) is 46.8 Å². The molecule has 65 heavy (non-hydrogen) atoms. The summed E-state index contributed by atoms with van der Waals surface area (Å²) in [4.78, 5) is 57.6. The van der Waals surface area contributed by atoms with Crippen molar-refractivity contribution in [3.8, 4) is 45.6 Å². The number of β-amino-alcohol motifs (C(OH)–C–C–N with tert-alkyl or cyclic N) is 2. The summed E-state index contributed by atoms with van der Waals surface area (Å²) in [5.74, 6) is -2.48. The van der Waals surface area contributed by atoms with Crippen LogP contribution in [0.4, 0.5) is 9.59 Å². The Labute approximate surface area is 381 Å². The maximum atomic E-state index is 13.8. The molecule has 0 spiro atoms. The number of likely N-dealkylation sites (tertiary alicyclic amines) is 2. The molecule has 2 saturated heterocycles. The Morgan fingerprint density at radius 1 is 0.723 bits per heavy atom. The van der Waals surface area contributed by atoms with Gasteiger partial charge in [-0.1, -0.05) is 47.5 Å². The van der Waals surface area contributed by atoms with E-state index in [2.05, 4.69) is 10.6 Å². The van der Waals surface area contributed by atoms with Crippen LogP contribution in [0.25, 0.3) is 44.6 Å². The van der Waals surface area contributed by atoms with E-state index in [9.17, 15) is 39.6 Å². The predicted molar refractivity (Wildman–Crippen MR) is 243 cm³/mol. The van der Waals surface area contributed by atoms with Gasteiger partial charge in [-0.25, -0.2) is 9.59 Å². The van der Waals surface area contributed by atoms with E-state index in [1.807, 2.05) is 23.9 Å². The minimum absolute atomic E-state index is 0.0132. The summed E-state index contributed by atoms with van der Waals surface area (Å²) >= 11 is 13.4. The Kier molecular flexibility index (Phi) is 13.1. The summed E-state index contributed by atoms with van der Waals surface area (Å²) in [7, 11) is 3.71. The topological polar surface area (TPSA) is 224 Å². The van der Waals surface area contributed by atoms with Crippen molar-refractivity contribution in [3.63, 3.8) is 0 Å². The Bertz CT molecular complexity index is 2960. The van der Waals surface area contributed by atoms with Crippen LogP contribution in [0.5, 0.6) is 23.0 Å². The molecule has 6 N–H and O–H groups in total. The van der Waals surface area contributed by atoms with Crippen molar-refractivity contribution in [1.29, 1.82) is 0 Å². The monoisotopic (exact) mass is 928 g/mol. The first kappa shape index (κ1) is 45.4. The van der Waals surface area contributed by atoms with E-state index >= 15 is 0 Å². The largest absolute Gasteiger partial charge is 0.507 e. The van der Waals surface area contributed by atoms with Crippen molar-refractivity contribution < 1.29 is 48.3 Å². The Morgan fingerprint density at radius 2 is 1.22 bits per heavy atom. The smallest absolute Gasteiger partial charge is 0.412 e. The maximum Gasteiger partial charge on any atom is 0.412 e. The van der Waals surface area contributed by atoms with Crippen molar-refractivity contribution >= 4 is 57.3 Å². The molecule has 2 aliphatic heterocycles. The van der Waals surface area contributed by atoms with E-state index in [0.29, 0.717) is 42.1 Å². The number of hydrogen-bond donors (Lipinski definition) is 6. The highest BCUT2D eigenvalue weighted by atomic mass is 35.5. The molecule has 340 valence electrons. The first-order valence-electron chi connectivity index (χ1n) is 21.0. The van der Waals surface area contributed by atoms with Gasteiger partial charge in [-0.2, -0.15) is 0 Å². The normalized spacial score (nSPS) is 19.3. The molecule has 2 amide bonds. The van der Waals surface area contributed by atoms with Gasteiger partial charge in [0, 0.05) is 84.5 Å². The SMILES string of the molecule is CCNC(=O)Oc1cc(O)c2c(=O)cc(-c3cccc(CNC(=O)Oc4cc(O)c5c(=O)cc(-c6ccccc6Cl)oc5c4[C@H]4CCN(C)C[C@H]4O)c3Cl)oc2c1[C@H]1CCN(C)C[C@H]1O. The number of halogens is 2. The van der Waals surface area contributed by atoms with Crippen LogP contribution < -0.4 is 31.0 Å². The number of rotatable bonds is 9. The molecule has 0 unspecified atom stereocenters. The van der Waals surface area contributed by atoms with Gasteiger partial charge in [0.2, 0.25) is 0 Å². The molecule has 0 aliphatic carbocycles. The number of nitrogens with zero attached hydrogens (tertiary/aromatic N) is 2. The average Bonchev–Trinajstić information content (AvgIpc) is 3.24. The van der Waals surface area contributed by atoms with Crippen molar-refractivity contribution in [2.24, 2.45) is 0 Å². The summed E-state index contributed by atoms with van der Waals surface area (Å²) in [5.41, 5.74) is 0.0982. The average molecular weight is 930 g/mol. The summed E-state index contributed by atoms with van der Waals surface area (Å²) in [6.07, 6.45) is -2.90. The number of likely N-dealkylation sites (N-methyl/N-ethyl adjacent to an activating group) is 2. The third-order valence-corrected chi connectivity index (χ3v) is 12.7. The number of aliphatic hydroxyl groups is 2. The van der Waals surface area contributed by atoms with Crippen LogP contribution in [0.3, 0.4) is 0 Å². The Balaban J connectivity index is 1.14.